The van der Waals surface area contributed by atoms with Crippen LogP contribution in [0, 0.1) is 11.2 Å². The minimum atomic E-state index is -2.96. The zero-order chi connectivity index (χ0) is 17.1. The maximum Gasteiger partial charge on any atom is 0.165 e. The number of hydrogen-bond donors (Lipinski definition) is 1. The van der Waals surface area contributed by atoms with Crippen LogP contribution >= 0.6 is 0 Å². The molecule has 0 spiro atoms. The van der Waals surface area contributed by atoms with Crippen LogP contribution in [0.2, 0.25) is 0 Å². The molecule has 1 aromatic rings. The standard InChI is InChI=1S/C17H26FNO3S/c1-17(2,3)16(11-22-15-9-5-4-8-14(15)18)19-13-7-6-10-23(20,21)12-13/h4-5,8-9,13,16,19H,6-7,10-12H2,1-3H3/t13-,16-/m1/s1. The van der Waals surface area contributed by atoms with Gasteiger partial charge in [0, 0.05) is 12.1 Å². The van der Waals surface area contributed by atoms with Crippen LogP contribution in [0.3, 0.4) is 0 Å². The molecule has 1 fully saturated rings. The molecule has 0 bridgehead atoms. The van der Waals surface area contributed by atoms with Gasteiger partial charge in [0.1, 0.15) is 6.61 Å². The van der Waals surface area contributed by atoms with Crippen molar-refractivity contribution in [3.63, 3.8) is 0 Å². The number of rotatable bonds is 5. The summed E-state index contributed by atoms with van der Waals surface area (Å²) in [6.45, 7) is 6.48. The summed E-state index contributed by atoms with van der Waals surface area (Å²) in [4.78, 5) is 0. The van der Waals surface area contributed by atoms with Gasteiger partial charge in [-0.05, 0) is 30.4 Å². The van der Waals surface area contributed by atoms with Gasteiger partial charge in [-0.1, -0.05) is 32.9 Å². The molecule has 1 N–H and O–H groups in total. The summed E-state index contributed by atoms with van der Waals surface area (Å²) in [5.41, 5.74) is -0.132. The molecule has 4 nitrogen and oxygen atoms in total. The quantitative estimate of drug-likeness (QED) is 0.893. The van der Waals surface area contributed by atoms with Crippen molar-refractivity contribution < 1.29 is 17.5 Å². The Balaban J connectivity index is 2.02. The molecule has 0 unspecified atom stereocenters. The third-order valence-electron chi connectivity index (χ3n) is 4.19. The van der Waals surface area contributed by atoms with Gasteiger partial charge < -0.3 is 10.1 Å². The average molecular weight is 343 g/mol. The van der Waals surface area contributed by atoms with Crippen LogP contribution in [0.1, 0.15) is 33.6 Å². The minimum absolute atomic E-state index is 0.0674. The number of nitrogens with one attached hydrogen (secondary N) is 1. The van der Waals surface area contributed by atoms with Crippen LogP contribution in [-0.4, -0.2) is 38.6 Å². The van der Waals surface area contributed by atoms with Crippen molar-refractivity contribution in [2.45, 2.75) is 45.7 Å². The van der Waals surface area contributed by atoms with Crippen molar-refractivity contribution in [1.29, 1.82) is 0 Å². The number of hydrogen-bond acceptors (Lipinski definition) is 4. The summed E-state index contributed by atoms with van der Waals surface area (Å²) in [6.07, 6.45) is 1.52. The predicted octanol–water partition coefficient (Wildman–Crippen LogP) is 2.79. The third-order valence-corrected chi connectivity index (χ3v) is 6.01. The fourth-order valence-corrected chi connectivity index (χ4v) is 4.37. The highest BCUT2D eigenvalue weighted by Gasteiger charge is 2.31. The maximum atomic E-state index is 13.7. The van der Waals surface area contributed by atoms with E-state index < -0.39 is 9.84 Å². The SMILES string of the molecule is CC(C)(C)[C@@H](COc1ccccc1F)N[C@@H]1CCCS(=O)(=O)C1. The first-order chi connectivity index (χ1) is 10.7. The zero-order valence-electron chi connectivity index (χ0n) is 14.0. The molecule has 2 rings (SSSR count). The third kappa shape index (κ3) is 5.46. The summed E-state index contributed by atoms with van der Waals surface area (Å²) in [7, 11) is -2.96. The number of halogens is 1. The molecule has 0 radical (unpaired) electrons. The number of ether oxygens (including phenoxy) is 1. The van der Waals surface area contributed by atoms with Gasteiger partial charge in [-0.15, -0.1) is 0 Å². The van der Waals surface area contributed by atoms with Crippen molar-refractivity contribution in [2.75, 3.05) is 18.1 Å². The van der Waals surface area contributed by atoms with Crippen molar-refractivity contribution >= 4 is 9.84 Å². The molecule has 2 atom stereocenters. The monoisotopic (exact) mass is 343 g/mol. The van der Waals surface area contributed by atoms with E-state index in [1.807, 2.05) is 0 Å². The molecule has 1 aliphatic rings. The number of benzene rings is 1. The van der Waals surface area contributed by atoms with Crippen LogP contribution < -0.4 is 10.1 Å². The summed E-state index contributed by atoms with van der Waals surface area (Å²) in [6, 6.07) is 6.17. The Morgan fingerprint density at radius 1 is 1.35 bits per heavy atom. The summed E-state index contributed by atoms with van der Waals surface area (Å²) in [5.74, 6) is 0.274. The Bertz CT molecular complexity index is 625. The van der Waals surface area contributed by atoms with Crippen molar-refractivity contribution in [3.05, 3.63) is 30.1 Å². The molecule has 0 aromatic heterocycles. The van der Waals surface area contributed by atoms with Crippen molar-refractivity contribution in [3.8, 4) is 5.75 Å². The molecule has 23 heavy (non-hydrogen) atoms. The van der Waals surface area contributed by atoms with Gasteiger partial charge in [0.25, 0.3) is 0 Å². The van der Waals surface area contributed by atoms with Gasteiger partial charge in [-0.2, -0.15) is 0 Å². The van der Waals surface area contributed by atoms with E-state index in [1.165, 1.54) is 6.07 Å². The Labute approximate surface area is 138 Å². The van der Waals surface area contributed by atoms with E-state index in [0.29, 0.717) is 13.0 Å². The second-order valence-corrected chi connectivity index (χ2v) is 9.51. The maximum absolute atomic E-state index is 13.7. The lowest BCUT2D eigenvalue weighted by atomic mass is 9.86. The Kier molecular flexibility index (Phi) is 5.68. The average Bonchev–Trinajstić information content (AvgIpc) is 2.42. The highest BCUT2D eigenvalue weighted by atomic mass is 32.2. The molecule has 130 valence electrons. The molecule has 1 saturated heterocycles. The summed E-state index contributed by atoms with van der Waals surface area (Å²) < 4.78 is 42.9. The van der Waals surface area contributed by atoms with Gasteiger partial charge in [-0.25, -0.2) is 12.8 Å². The van der Waals surface area contributed by atoms with Gasteiger partial charge in [-0.3, -0.25) is 0 Å². The molecule has 0 aliphatic carbocycles. The summed E-state index contributed by atoms with van der Waals surface area (Å²) in [5, 5.41) is 3.41. The normalized spacial score (nSPS) is 22.5. The highest BCUT2D eigenvalue weighted by Crippen LogP contribution is 2.24. The van der Waals surface area contributed by atoms with E-state index in [1.54, 1.807) is 18.2 Å². The van der Waals surface area contributed by atoms with E-state index in [0.717, 1.165) is 6.42 Å². The van der Waals surface area contributed by atoms with Gasteiger partial charge in [0.05, 0.1) is 11.5 Å². The lowest BCUT2D eigenvalue weighted by Crippen LogP contribution is -2.52. The molecule has 1 heterocycles. The first-order valence-electron chi connectivity index (χ1n) is 8.01. The molecule has 1 aromatic carbocycles. The first kappa shape index (κ1) is 18.2. The summed E-state index contributed by atoms with van der Waals surface area (Å²) >= 11 is 0. The smallest absolute Gasteiger partial charge is 0.165 e. The van der Waals surface area contributed by atoms with E-state index in [9.17, 15) is 12.8 Å². The van der Waals surface area contributed by atoms with Crippen LogP contribution in [0.5, 0.6) is 5.75 Å². The second kappa shape index (κ2) is 7.18. The lowest BCUT2D eigenvalue weighted by molar-refractivity contribution is 0.158. The molecular formula is C17H26FNO3S. The molecule has 1 aliphatic heterocycles. The molecular weight excluding hydrogens is 317 g/mol. The predicted molar refractivity (Wildman–Crippen MR) is 89.9 cm³/mol. The Morgan fingerprint density at radius 3 is 2.65 bits per heavy atom. The van der Waals surface area contributed by atoms with Crippen LogP contribution in [0.15, 0.2) is 24.3 Å². The van der Waals surface area contributed by atoms with E-state index in [2.05, 4.69) is 26.1 Å². The number of sulfone groups is 1. The van der Waals surface area contributed by atoms with E-state index in [4.69, 9.17) is 4.74 Å². The Morgan fingerprint density at radius 2 is 2.04 bits per heavy atom. The van der Waals surface area contributed by atoms with Crippen LogP contribution in [-0.2, 0) is 9.84 Å². The van der Waals surface area contributed by atoms with E-state index >= 15 is 0 Å². The van der Waals surface area contributed by atoms with Crippen LogP contribution in [0.4, 0.5) is 4.39 Å². The van der Waals surface area contributed by atoms with Gasteiger partial charge >= 0.3 is 0 Å². The zero-order valence-corrected chi connectivity index (χ0v) is 14.8. The molecule has 0 saturated carbocycles. The lowest BCUT2D eigenvalue weighted by Gasteiger charge is -2.36. The molecule has 0 amide bonds. The van der Waals surface area contributed by atoms with Crippen molar-refractivity contribution in [2.24, 2.45) is 5.41 Å². The first-order valence-corrected chi connectivity index (χ1v) is 9.83. The second-order valence-electron chi connectivity index (χ2n) is 7.28. The van der Waals surface area contributed by atoms with E-state index in [-0.39, 0.29) is 40.6 Å². The van der Waals surface area contributed by atoms with Crippen LogP contribution in [0.25, 0.3) is 0 Å². The topological polar surface area (TPSA) is 55.4 Å². The minimum Gasteiger partial charge on any atom is -0.489 e. The van der Waals surface area contributed by atoms with Gasteiger partial charge in [0.15, 0.2) is 21.4 Å². The fraction of sp³-hybridized carbons (Fsp3) is 0.647. The molecule has 6 heteroatoms. The fourth-order valence-electron chi connectivity index (χ4n) is 2.72. The number of para-hydroxylation sites is 1. The largest absolute Gasteiger partial charge is 0.489 e. The van der Waals surface area contributed by atoms with Gasteiger partial charge in [0.2, 0.25) is 0 Å². The highest BCUT2D eigenvalue weighted by molar-refractivity contribution is 7.91. The van der Waals surface area contributed by atoms with Crippen molar-refractivity contribution in [1.82, 2.24) is 5.32 Å². The Hall–Kier alpha value is -1.14.